The summed E-state index contributed by atoms with van der Waals surface area (Å²) >= 11 is 0. The molecule has 0 spiro atoms. The van der Waals surface area contributed by atoms with Crippen LogP contribution in [0.4, 0.5) is 4.39 Å². The van der Waals surface area contributed by atoms with Crippen LogP contribution in [0.1, 0.15) is 58.9 Å². The summed E-state index contributed by atoms with van der Waals surface area (Å²) in [5, 5.41) is 0. The first-order valence-electron chi connectivity index (χ1n) is 11.3. The van der Waals surface area contributed by atoms with Gasteiger partial charge in [0.25, 0.3) is 5.91 Å². The SMILES string of the molecule is Cc1cccn2c(CN3CC[C@@H](c4ccccc4F)C3)c(C(=O)N3CCCCC3)nc12. The zero-order chi connectivity index (χ0) is 21.4. The van der Waals surface area contributed by atoms with E-state index in [0.29, 0.717) is 12.2 Å². The lowest BCUT2D eigenvalue weighted by molar-refractivity contribution is 0.0716. The summed E-state index contributed by atoms with van der Waals surface area (Å²) in [4.78, 5) is 22.5. The smallest absolute Gasteiger partial charge is 0.274 e. The van der Waals surface area contributed by atoms with Crippen molar-refractivity contribution in [3.8, 4) is 0 Å². The predicted octanol–water partition coefficient (Wildman–Crippen LogP) is 4.40. The van der Waals surface area contributed by atoms with Gasteiger partial charge in [-0.1, -0.05) is 24.3 Å². The molecule has 4 heterocycles. The van der Waals surface area contributed by atoms with Crippen molar-refractivity contribution in [2.75, 3.05) is 26.2 Å². The summed E-state index contributed by atoms with van der Waals surface area (Å²) in [5.41, 5.74) is 4.23. The molecule has 2 fully saturated rings. The van der Waals surface area contributed by atoms with E-state index in [-0.39, 0.29) is 17.6 Å². The number of amides is 1. The molecule has 0 unspecified atom stereocenters. The van der Waals surface area contributed by atoms with E-state index in [0.717, 1.165) is 67.9 Å². The first kappa shape index (κ1) is 20.2. The van der Waals surface area contributed by atoms with Crippen molar-refractivity contribution in [1.82, 2.24) is 19.2 Å². The Morgan fingerprint density at radius 1 is 1.10 bits per heavy atom. The van der Waals surface area contributed by atoms with E-state index >= 15 is 0 Å². The number of nitrogens with zero attached hydrogens (tertiary/aromatic N) is 4. The minimum absolute atomic E-state index is 0.0441. The van der Waals surface area contributed by atoms with Crippen LogP contribution in [0, 0.1) is 12.7 Å². The van der Waals surface area contributed by atoms with E-state index in [1.54, 1.807) is 12.1 Å². The Kier molecular flexibility index (Phi) is 5.48. The van der Waals surface area contributed by atoms with Gasteiger partial charge in [0.05, 0.1) is 5.69 Å². The number of carbonyl (C=O) groups excluding carboxylic acids is 1. The average molecular weight is 421 g/mol. The van der Waals surface area contributed by atoms with E-state index in [1.807, 2.05) is 42.3 Å². The zero-order valence-corrected chi connectivity index (χ0v) is 18.1. The van der Waals surface area contributed by atoms with Gasteiger partial charge < -0.3 is 9.30 Å². The number of aromatic nitrogens is 2. The molecule has 2 saturated heterocycles. The molecular weight excluding hydrogens is 391 g/mol. The second kappa shape index (κ2) is 8.42. The van der Waals surface area contributed by atoms with Crippen molar-refractivity contribution in [1.29, 1.82) is 0 Å². The number of fused-ring (bicyclic) bond motifs is 1. The van der Waals surface area contributed by atoms with Gasteiger partial charge in [0.2, 0.25) is 0 Å². The molecule has 6 heteroatoms. The monoisotopic (exact) mass is 420 g/mol. The summed E-state index contributed by atoms with van der Waals surface area (Å²) in [7, 11) is 0. The molecular formula is C25H29FN4O. The Morgan fingerprint density at radius 2 is 1.90 bits per heavy atom. The summed E-state index contributed by atoms with van der Waals surface area (Å²) < 4.78 is 16.4. The van der Waals surface area contributed by atoms with Crippen molar-refractivity contribution < 1.29 is 9.18 Å². The topological polar surface area (TPSA) is 40.9 Å². The Bertz CT molecular complexity index is 1100. The van der Waals surface area contributed by atoms with Crippen LogP contribution in [-0.2, 0) is 6.54 Å². The Hall–Kier alpha value is -2.73. The molecule has 1 atom stereocenters. The van der Waals surface area contributed by atoms with Crippen LogP contribution in [0.5, 0.6) is 0 Å². The van der Waals surface area contributed by atoms with E-state index in [1.165, 1.54) is 6.42 Å². The predicted molar refractivity (Wildman–Crippen MR) is 119 cm³/mol. The Labute approximate surface area is 182 Å². The molecule has 1 amide bonds. The lowest BCUT2D eigenvalue weighted by atomic mass is 9.98. The van der Waals surface area contributed by atoms with Crippen LogP contribution >= 0.6 is 0 Å². The maximum atomic E-state index is 14.3. The van der Waals surface area contributed by atoms with Gasteiger partial charge in [-0.25, -0.2) is 9.37 Å². The van der Waals surface area contributed by atoms with Gasteiger partial charge in [-0.15, -0.1) is 0 Å². The number of benzene rings is 1. The number of pyridine rings is 1. The number of carbonyl (C=O) groups is 1. The van der Waals surface area contributed by atoms with Gasteiger partial charge >= 0.3 is 0 Å². The third-order valence-corrected chi connectivity index (χ3v) is 6.78. The number of aryl methyl sites for hydroxylation is 1. The highest BCUT2D eigenvalue weighted by Gasteiger charge is 2.30. The maximum absolute atomic E-state index is 14.3. The molecule has 5 rings (SSSR count). The number of imidazole rings is 1. The highest BCUT2D eigenvalue weighted by atomic mass is 19.1. The first-order valence-corrected chi connectivity index (χ1v) is 11.3. The highest BCUT2D eigenvalue weighted by Crippen LogP contribution is 2.31. The number of hydrogen-bond donors (Lipinski definition) is 0. The van der Waals surface area contributed by atoms with Gasteiger partial charge in [0.15, 0.2) is 5.69 Å². The van der Waals surface area contributed by atoms with Crippen molar-refractivity contribution in [2.24, 2.45) is 0 Å². The first-order chi connectivity index (χ1) is 15.1. The Morgan fingerprint density at radius 3 is 2.71 bits per heavy atom. The fraction of sp³-hybridized carbons (Fsp3) is 0.440. The number of rotatable bonds is 4. The second-order valence-electron chi connectivity index (χ2n) is 8.89. The fourth-order valence-corrected chi connectivity index (χ4v) is 5.07. The minimum Gasteiger partial charge on any atom is -0.337 e. The molecule has 3 aromatic rings. The van der Waals surface area contributed by atoms with Crippen LogP contribution in [-0.4, -0.2) is 51.3 Å². The molecule has 2 aromatic heterocycles. The summed E-state index contributed by atoms with van der Waals surface area (Å²) in [6.45, 7) is 5.97. The quantitative estimate of drug-likeness (QED) is 0.628. The molecule has 0 aliphatic carbocycles. The molecule has 2 aliphatic rings. The standard InChI is InChI=1S/C25H29FN4O/c1-18-8-7-14-30-22(23(27-24(18)30)25(31)29-12-5-2-6-13-29)17-28-15-11-19(16-28)20-9-3-4-10-21(20)26/h3-4,7-10,14,19H,2,5-6,11-13,15-17H2,1H3/t19-/m1/s1. The van der Waals surface area contributed by atoms with Gasteiger partial charge in [-0.3, -0.25) is 9.69 Å². The van der Waals surface area contributed by atoms with Crippen molar-refractivity contribution >= 4 is 11.6 Å². The number of halogens is 1. The molecule has 0 saturated carbocycles. The molecule has 1 aromatic carbocycles. The van der Waals surface area contributed by atoms with Gasteiger partial charge in [0, 0.05) is 38.3 Å². The van der Waals surface area contributed by atoms with E-state index < -0.39 is 0 Å². The number of piperidine rings is 1. The number of likely N-dealkylation sites (tertiary alicyclic amines) is 2. The minimum atomic E-state index is -0.124. The molecule has 162 valence electrons. The van der Waals surface area contributed by atoms with E-state index in [4.69, 9.17) is 4.98 Å². The lowest BCUT2D eigenvalue weighted by Crippen LogP contribution is -2.36. The third-order valence-electron chi connectivity index (χ3n) is 6.78. The van der Waals surface area contributed by atoms with Gasteiger partial charge in [-0.2, -0.15) is 0 Å². The molecule has 0 radical (unpaired) electrons. The average Bonchev–Trinajstić information content (AvgIpc) is 3.40. The molecule has 2 aliphatic heterocycles. The Balaban J connectivity index is 1.44. The van der Waals surface area contributed by atoms with Crippen molar-refractivity contribution in [2.45, 2.75) is 45.1 Å². The van der Waals surface area contributed by atoms with E-state index in [2.05, 4.69) is 9.30 Å². The zero-order valence-electron chi connectivity index (χ0n) is 18.1. The maximum Gasteiger partial charge on any atom is 0.274 e. The molecule has 5 nitrogen and oxygen atoms in total. The second-order valence-corrected chi connectivity index (χ2v) is 8.89. The highest BCUT2D eigenvalue weighted by molar-refractivity contribution is 5.94. The lowest BCUT2D eigenvalue weighted by Gasteiger charge is -2.26. The molecule has 31 heavy (non-hydrogen) atoms. The third kappa shape index (κ3) is 3.85. The molecule has 0 bridgehead atoms. The summed E-state index contributed by atoms with van der Waals surface area (Å²) in [6.07, 6.45) is 6.23. The van der Waals surface area contributed by atoms with Gasteiger partial charge in [-0.05, 0) is 62.4 Å². The molecule has 0 N–H and O–H groups in total. The van der Waals surface area contributed by atoms with Crippen molar-refractivity contribution in [3.05, 3.63) is 70.9 Å². The summed E-state index contributed by atoms with van der Waals surface area (Å²) in [5.74, 6) is 0.103. The summed E-state index contributed by atoms with van der Waals surface area (Å²) in [6, 6.07) is 11.1. The van der Waals surface area contributed by atoms with Crippen LogP contribution < -0.4 is 0 Å². The van der Waals surface area contributed by atoms with Crippen LogP contribution in [0.25, 0.3) is 5.65 Å². The van der Waals surface area contributed by atoms with E-state index in [9.17, 15) is 9.18 Å². The van der Waals surface area contributed by atoms with Gasteiger partial charge in [0.1, 0.15) is 11.5 Å². The van der Waals surface area contributed by atoms with Crippen LogP contribution in [0.2, 0.25) is 0 Å². The van der Waals surface area contributed by atoms with Crippen LogP contribution in [0.3, 0.4) is 0 Å². The number of hydrogen-bond acceptors (Lipinski definition) is 3. The fourth-order valence-electron chi connectivity index (χ4n) is 5.07. The van der Waals surface area contributed by atoms with Crippen LogP contribution in [0.15, 0.2) is 42.6 Å². The normalized spacial score (nSPS) is 19.9. The van der Waals surface area contributed by atoms with Crippen molar-refractivity contribution in [3.63, 3.8) is 0 Å². The largest absolute Gasteiger partial charge is 0.337 e.